The molecule has 1 aliphatic rings. The molecule has 1 aliphatic heterocycles. The fourth-order valence-electron chi connectivity index (χ4n) is 2.57. The van der Waals surface area contributed by atoms with Crippen LogP contribution in [0.3, 0.4) is 0 Å². The number of rotatable bonds is 5. The van der Waals surface area contributed by atoms with Gasteiger partial charge in [0.2, 0.25) is 0 Å². The highest BCUT2D eigenvalue weighted by atomic mass is 16.5. The molecule has 1 aromatic heterocycles. The number of aromatic nitrogens is 2. The molecule has 1 N–H and O–H groups in total. The maximum absolute atomic E-state index is 5.58. The maximum atomic E-state index is 5.58. The van der Waals surface area contributed by atoms with E-state index in [1.165, 1.54) is 5.56 Å². The molecule has 0 saturated carbocycles. The zero-order valence-corrected chi connectivity index (χ0v) is 12.1. The van der Waals surface area contributed by atoms with E-state index in [0.717, 1.165) is 50.8 Å². The fourth-order valence-corrected chi connectivity index (χ4v) is 2.57. The molecule has 19 heavy (non-hydrogen) atoms. The Labute approximate surface area is 115 Å². The molecule has 2 rings (SSSR count). The minimum atomic E-state index is 0.420. The minimum Gasteiger partial charge on any atom is -0.377 e. The number of anilines is 2. The SMILES string of the molecule is CCNc1ncnc(N2CCOCC2CC)c1CC. The molecule has 1 unspecified atom stereocenters. The van der Waals surface area contributed by atoms with Crippen LogP contribution < -0.4 is 10.2 Å². The van der Waals surface area contributed by atoms with E-state index in [9.17, 15) is 0 Å². The third-order valence-electron chi connectivity index (χ3n) is 3.59. The molecule has 0 amide bonds. The average Bonchev–Trinajstić information content (AvgIpc) is 2.47. The van der Waals surface area contributed by atoms with Crippen molar-refractivity contribution in [2.75, 3.05) is 36.5 Å². The topological polar surface area (TPSA) is 50.3 Å². The number of nitrogens with zero attached hydrogens (tertiary/aromatic N) is 3. The van der Waals surface area contributed by atoms with Crippen molar-refractivity contribution >= 4 is 11.6 Å². The van der Waals surface area contributed by atoms with Crippen LogP contribution in [0, 0.1) is 0 Å². The average molecular weight is 264 g/mol. The van der Waals surface area contributed by atoms with Gasteiger partial charge in [-0.25, -0.2) is 9.97 Å². The van der Waals surface area contributed by atoms with Gasteiger partial charge in [0.15, 0.2) is 0 Å². The first-order valence-electron chi connectivity index (χ1n) is 7.23. The van der Waals surface area contributed by atoms with Crippen molar-refractivity contribution in [1.82, 2.24) is 9.97 Å². The molecule has 1 fully saturated rings. The van der Waals surface area contributed by atoms with E-state index in [2.05, 4.69) is 41.0 Å². The van der Waals surface area contributed by atoms with Gasteiger partial charge in [-0.05, 0) is 19.8 Å². The van der Waals surface area contributed by atoms with Crippen molar-refractivity contribution in [3.8, 4) is 0 Å². The zero-order valence-electron chi connectivity index (χ0n) is 12.1. The minimum absolute atomic E-state index is 0.420. The van der Waals surface area contributed by atoms with Gasteiger partial charge in [-0.2, -0.15) is 0 Å². The largest absolute Gasteiger partial charge is 0.377 e. The van der Waals surface area contributed by atoms with E-state index < -0.39 is 0 Å². The molecule has 1 aromatic rings. The summed E-state index contributed by atoms with van der Waals surface area (Å²) in [6, 6.07) is 0.420. The number of ether oxygens (including phenoxy) is 1. The van der Waals surface area contributed by atoms with E-state index in [0.29, 0.717) is 6.04 Å². The smallest absolute Gasteiger partial charge is 0.137 e. The molecule has 1 saturated heterocycles. The molecule has 0 aromatic carbocycles. The molecule has 0 spiro atoms. The highest BCUT2D eigenvalue weighted by Gasteiger charge is 2.25. The first-order valence-corrected chi connectivity index (χ1v) is 7.23. The van der Waals surface area contributed by atoms with Crippen molar-refractivity contribution in [2.45, 2.75) is 39.7 Å². The standard InChI is InChI=1S/C14H24N4O/c1-4-11-9-19-8-7-18(11)14-12(5-2)13(15-6-3)16-10-17-14/h10-11H,4-9H2,1-3H3,(H,15,16,17). The molecule has 0 bridgehead atoms. The van der Waals surface area contributed by atoms with Crippen molar-refractivity contribution < 1.29 is 4.74 Å². The Bertz CT molecular complexity index is 410. The second-order valence-electron chi connectivity index (χ2n) is 4.74. The van der Waals surface area contributed by atoms with Gasteiger partial charge in [-0.1, -0.05) is 13.8 Å². The summed E-state index contributed by atoms with van der Waals surface area (Å²) in [7, 11) is 0. The predicted molar refractivity (Wildman–Crippen MR) is 77.8 cm³/mol. The van der Waals surface area contributed by atoms with E-state index in [4.69, 9.17) is 4.74 Å². The second-order valence-corrected chi connectivity index (χ2v) is 4.74. The Balaban J connectivity index is 2.34. The number of nitrogens with one attached hydrogen (secondary N) is 1. The monoisotopic (exact) mass is 264 g/mol. The second kappa shape index (κ2) is 6.70. The molecular formula is C14H24N4O. The number of hydrogen-bond acceptors (Lipinski definition) is 5. The van der Waals surface area contributed by atoms with Gasteiger partial charge in [0, 0.05) is 18.7 Å². The molecule has 5 heteroatoms. The first kappa shape index (κ1) is 14.1. The quantitative estimate of drug-likeness (QED) is 0.882. The summed E-state index contributed by atoms with van der Waals surface area (Å²) >= 11 is 0. The molecular weight excluding hydrogens is 240 g/mol. The normalized spacial score (nSPS) is 19.5. The molecule has 0 aliphatic carbocycles. The molecule has 5 nitrogen and oxygen atoms in total. The van der Waals surface area contributed by atoms with Gasteiger partial charge in [0.1, 0.15) is 18.0 Å². The third kappa shape index (κ3) is 2.97. The Morgan fingerprint density at radius 3 is 2.89 bits per heavy atom. The lowest BCUT2D eigenvalue weighted by Crippen LogP contribution is -2.46. The molecule has 1 atom stereocenters. The van der Waals surface area contributed by atoms with Crippen LogP contribution in [0.1, 0.15) is 32.8 Å². The van der Waals surface area contributed by atoms with Crippen LogP contribution >= 0.6 is 0 Å². The highest BCUT2D eigenvalue weighted by Crippen LogP contribution is 2.27. The van der Waals surface area contributed by atoms with Crippen LogP contribution in [0.15, 0.2) is 6.33 Å². The van der Waals surface area contributed by atoms with Gasteiger partial charge < -0.3 is 15.0 Å². The number of hydrogen-bond donors (Lipinski definition) is 1. The highest BCUT2D eigenvalue weighted by molar-refractivity contribution is 5.59. The Morgan fingerprint density at radius 2 is 2.21 bits per heavy atom. The lowest BCUT2D eigenvalue weighted by molar-refractivity contribution is 0.0924. The lowest BCUT2D eigenvalue weighted by Gasteiger charge is -2.37. The van der Waals surface area contributed by atoms with Crippen molar-refractivity contribution in [1.29, 1.82) is 0 Å². The third-order valence-corrected chi connectivity index (χ3v) is 3.59. The van der Waals surface area contributed by atoms with Crippen LogP contribution in [0.4, 0.5) is 11.6 Å². The summed E-state index contributed by atoms with van der Waals surface area (Å²) in [5, 5.41) is 3.33. The van der Waals surface area contributed by atoms with E-state index in [-0.39, 0.29) is 0 Å². The summed E-state index contributed by atoms with van der Waals surface area (Å²) in [5.41, 5.74) is 1.21. The van der Waals surface area contributed by atoms with E-state index in [1.54, 1.807) is 6.33 Å². The van der Waals surface area contributed by atoms with Crippen LogP contribution in [0.2, 0.25) is 0 Å². The zero-order chi connectivity index (χ0) is 13.7. The van der Waals surface area contributed by atoms with Crippen molar-refractivity contribution in [2.24, 2.45) is 0 Å². The summed E-state index contributed by atoms with van der Waals surface area (Å²) in [6.45, 7) is 9.80. The van der Waals surface area contributed by atoms with Crippen LogP contribution in [-0.4, -0.2) is 42.3 Å². The summed E-state index contributed by atoms with van der Waals surface area (Å²) in [5.74, 6) is 2.04. The molecule has 2 heterocycles. The fraction of sp³-hybridized carbons (Fsp3) is 0.714. The van der Waals surface area contributed by atoms with Crippen LogP contribution in [0.5, 0.6) is 0 Å². The van der Waals surface area contributed by atoms with Gasteiger partial charge >= 0.3 is 0 Å². The lowest BCUT2D eigenvalue weighted by atomic mass is 10.1. The van der Waals surface area contributed by atoms with Crippen molar-refractivity contribution in [3.05, 3.63) is 11.9 Å². The van der Waals surface area contributed by atoms with E-state index in [1.807, 2.05) is 0 Å². The summed E-state index contributed by atoms with van der Waals surface area (Å²) < 4.78 is 5.58. The van der Waals surface area contributed by atoms with Crippen molar-refractivity contribution in [3.63, 3.8) is 0 Å². The molecule has 0 radical (unpaired) electrons. The van der Waals surface area contributed by atoms with E-state index >= 15 is 0 Å². The summed E-state index contributed by atoms with van der Waals surface area (Å²) in [6.07, 6.45) is 3.67. The van der Waals surface area contributed by atoms with Gasteiger partial charge in [0.05, 0.1) is 19.3 Å². The number of morpholine rings is 1. The first-order chi connectivity index (χ1) is 9.31. The van der Waals surface area contributed by atoms with Gasteiger partial charge in [0.25, 0.3) is 0 Å². The Kier molecular flexibility index (Phi) is 4.96. The van der Waals surface area contributed by atoms with Gasteiger partial charge in [-0.15, -0.1) is 0 Å². The Hall–Kier alpha value is -1.36. The predicted octanol–water partition coefficient (Wildman–Crippen LogP) is 2.09. The van der Waals surface area contributed by atoms with Crippen LogP contribution in [-0.2, 0) is 11.2 Å². The molecule has 106 valence electrons. The van der Waals surface area contributed by atoms with Gasteiger partial charge in [-0.3, -0.25) is 0 Å². The maximum Gasteiger partial charge on any atom is 0.137 e. The summed E-state index contributed by atoms with van der Waals surface area (Å²) in [4.78, 5) is 11.3. The van der Waals surface area contributed by atoms with Crippen LogP contribution in [0.25, 0.3) is 0 Å². The Morgan fingerprint density at radius 1 is 1.37 bits per heavy atom.